The van der Waals surface area contributed by atoms with Crippen LogP contribution in [0.25, 0.3) is 0 Å². The van der Waals surface area contributed by atoms with Crippen molar-refractivity contribution in [2.75, 3.05) is 13.1 Å². The van der Waals surface area contributed by atoms with Gasteiger partial charge in [0.1, 0.15) is 5.75 Å². The summed E-state index contributed by atoms with van der Waals surface area (Å²) in [7, 11) is -3.43. The summed E-state index contributed by atoms with van der Waals surface area (Å²) in [5.74, 6) is 0.244. The van der Waals surface area contributed by atoms with Crippen LogP contribution in [0.5, 0.6) is 5.75 Å². The predicted molar refractivity (Wildman–Crippen MR) is 108 cm³/mol. The van der Waals surface area contributed by atoms with Gasteiger partial charge >= 0.3 is 0 Å². The maximum Gasteiger partial charge on any atom is 0.243 e. The van der Waals surface area contributed by atoms with Crippen molar-refractivity contribution in [2.24, 2.45) is 0 Å². The highest BCUT2D eigenvalue weighted by atomic mass is 79.9. The molecule has 0 aliphatic heterocycles. The molecule has 2 rings (SSSR count). The zero-order valence-corrected chi connectivity index (χ0v) is 17.6. The van der Waals surface area contributed by atoms with Gasteiger partial charge in [0.2, 0.25) is 10.0 Å². The molecule has 1 unspecified atom stereocenters. The van der Waals surface area contributed by atoms with Gasteiger partial charge in [-0.15, -0.1) is 0 Å². The Morgan fingerprint density at radius 3 is 2.31 bits per heavy atom. The van der Waals surface area contributed by atoms with Gasteiger partial charge in [-0.3, -0.25) is 0 Å². The number of benzene rings is 2. The van der Waals surface area contributed by atoms with Crippen molar-refractivity contribution in [1.82, 2.24) is 9.62 Å². The minimum Gasteiger partial charge on any atom is -0.508 e. The van der Waals surface area contributed by atoms with E-state index in [1.165, 1.54) is 4.31 Å². The molecule has 0 heterocycles. The van der Waals surface area contributed by atoms with E-state index in [4.69, 9.17) is 0 Å². The standard InChI is InChI=1S/C19H25BrN2O3S/c1-4-22(5-2)26(24,25)18-9-6-15(7-10-18)14(3)21-13-16-12-17(20)8-11-19(16)23/h6-12,14,21,23H,4-5,13H2,1-3H3. The summed E-state index contributed by atoms with van der Waals surface area (Å²) in [6.45, 7) is 7.08. The molecule has 7 heteroatoms. The quantitative estimate of drug-likeness (QED) is 0.649. The van der Waals surface area contributed by atoms with Crippen molar-refractivity contribution >= 4 is 26.0 Å². The molecule has 2 N–H and O–H groups in total. The first kappa shape index (κ1) is 20.9. The Bertz CT molecular complexity index is 834. The van der Waals surface area contributed by atoms with E-state index < -0.39 is 10.0 Å². The first-order chi connectivity index (χ1) is 12.3. The molecule has 2 aromatic rings. The zero-order valence-electron chi connectivity index (χ0n) is 15.2. The fraction of sp³-hybridized carbons (Fsp3) is 0.368. The lowest BCUT2D eigenvalue weighted by Crippen LogP contribution is -2.30. The first-order valence-electron chi connectivity index (χ1n) is 8.60. The van der Waals surface area contributed by atoms with Crippen molar-refractivity contribution < 1.29 is 13.5 Å². The minimum absolute atomic E-state index is 0.0126. The fourth-order valence-electron chi connectivity index (χ4n) is 2.72. The normalized spacial score (nSPS) is 13.1. The van der Waals surface area contributed by atoms with E-state index in [0.717, 1.165) is 15.6 Å². The molecule has 0 bridgehead atoms. The van der Waals surface area contributed by atoms with Gasteiger partial charge in [0.05, 0.1) is 4.90 Å². The summed E-state index contributed by atoms with van der Waals surface area (Å²) in [5.41, 5.74) is 1.78. The van der Waals surface area contributed by atoms with Crippen LogP contribution >= 0.6 is 15.9 Å². The van der Waals surface area contributed by atoms with Crippen LogP contribution in [0.4, 0.5) is 0 Å². The molecule has 0 aliphatic carbocycles. The molecule has 1 atom stereocenters. The molecule has 0 spiro atoms. The van der Waals surface area contributed by atoms with Gasteiger partial charge in [-0.1, -0.05) is 41.9 Å². The summed E-state index contributed by atoms with van der Waals surface area (Å²) in [6.07, 6.45) is 0. The Hall–Kier alpha value is -1.41. The van der Waals surface area contributed by atoms with E-state index in [1.807, 2.05) is 39.0 Å². The Labute approximate surface area is 164 Å². The van der Waals surface area contributed by atoms with Crippen LogP contribution in [0.15, 0.2) is 51.8 Å². The maximum atomic E-state index is 12.5. The Kier molecular flexibility index (Phi) is 7.23. The van der Waals surface area contributed by atoms with Crippen LogP contribution in [0.1, 0.15) is 37.9 Å². The number of hydrogen-bond acceptors (Lipinski definition) is 4. The topological polar surface area (TPSA) is 69.6 Å². The van der Waals surface area contributed by atoms with Crippen LogP contribution in [0, 0.1) is 0 Å². The SMILES string of the molecule is CCN(CC)S(=O)(=O)c1ccc(C(C)NCc2cc(Br)ccc2O)cc1. The van der Waals surface area contributed by atoms with Crippen molar-refractivity contribution in [1.29, 1.82) is 0 Å². The lowest BCUT2D eigenvalue weighted by molar-refractivity contribution is 0.445. The van der Waals surface area contributed by atoms with E-state index in [0.29, 0.717) is 24.5 Å². The van der Waals surface area contributed by atoms with Crippen molar-refractivity contribution in [3.8, 4) is 5.75 Å². The van der Waals surface area contributed by atoms with Crippen molar-refractivity contribution in [3.63, 3.8) is 0 Å². The number of hydrogen-bond donors (Lipinski definition) is 2. The van der Waals surface area contributed by atoms with E-state index in [9.17, 15) is 13.5 Å². The van der Waals surface area contributed by atoms with Gasteiger partial charge in [-0.2, -0.15) is 4.31 Å². The van der Waals surface area contributed by atoms with E-state index in [-0.39, 0.29) is 11.8 Å². The van der Waals surface area contributed by atoms with E-state index in [1.54, 1.807) is 24.3 Å². The molecular formula is C19H25BrN2O3S. The Balaban J connectivity index is 2.09. The Morgan fingerprint density at radius 1 is 1.12 bits per heavy atom. The van der Waals surface area contributed by atoms with Gasteiger partial charge in [0.25, 0.3) is 0 Å². The number of aromatic hydroxyl groups is 1. The number of phenolic OH excluding ortho intramolecular Hbond substituents is 1. The number of halogens is 1. The fourth-order valence-corrected chi connectivity index (χ4v) is 4.58. The smallest absolute Gasteiger partial charge is 0.243 e. The largest absolute Gasteiger partial charge is 0.508 e. The van der Waals surface area contributed by atoms with E-state index in [2.05, 4.69) is 21.2 Å². The third-order valence-corrected chi connectivity index (χ3v) is 6.92. The predicted octanol–water partition coefficient (Wildman–Crippen LogP) is 4.04. The second-order valence-corrected chi connectivity index (χ2v) is 8.89. The molecule has 0 aliphatic rings. The lowest BCUT2D eigenvalue weighted by Gasteiger charge is -2.19. The molecule has 0 aromatic heterocycles. The first-order valence-corrected chi connectivity index (χ1v) is 10.8. The lowest BCUT2D eigenvalue weighted by atomic mass is 10.1. The highest BCUT2D eigenvalue weighted by Crippen LogP contribution is 2.23. The molecule has 0 saturated carbocycles. The molecule has 0 saturated heterocycles. The van der Waals surface area contributed by atoms with Gasteiger partial charge in [-0.25, -0.2) is 8.42 Å². The molecule has 142 valence electrons. The number of nitrogens with zero attached hydrogens (tertiary/aromatic N) is 1. The van der Waals surface area contributed by atoms with Crippen LogP contribution in [0.3, 0.4) is 0 Å². The zero-order chi connectivity index (χ0) is 19.3. The van der Waals surface area contributed by atoms with Crippen LogP contribution < -0.4 is 5.32 Å². The van der Waals surface area contributed by atoms with Gasteiger partial charge in [-0.05, 0) is 42.8 Å². The average Bonchev–Trinajstić information content (AvgIpc) is 2.63. The molecule has 0 fully saturated rings. The van der Waals surface area contributed by atoms with Crippen LogP contribution in [-0.4, -0.2) is 30.9 Å². The third kappa shape index (κ3) is 4.85. The van der Waals surface area contributed by atoms with Gasteiger partial charge < -0.3 is 10.4 Å². The Morgan fingerprint density at radius 2 is 1.73 bits per heavy atom. The summed E-state index contributed by atoms with van der Waals surface area (Å²) in [4.78, 5) is 0.307. The van der Waals surface area contributed by atoms with Crippen LogP contribution in [0.2, 0.25) is 0 Å². The number of phenols is 1. The summed E-state index contributed by atoms with van der Waals surface area (Å²) < 4.78 is 27.4. The molecule has 0 radical (unpaired) electrons. The summed E-state index contributed by atoms with van der Waals surface area (Å²) in [6, 6.07) is 12.3. The molecular weight excluding hydrogens is 416 g/mol. The number of sulfonamides is 1. The molecule has 0 amide bonds. The molecule has 5 nitrogen and oxygen atoms in total. The summed E-state index contributed by atoms with van der Waals surface area (Å²) >= 11 is 3.40. The van der Waals surface area contributed by atoms with Crippen molar-refractivity contribution in [2.45, 2.75) is 38.3 Å². The molecule has 26 heavy (non-hydrogen) atoms. The second kappa shape index (κ2) is 8.99. The summed E-state index contributed by atoms with van der Waals surface area (Å²) in [5, 5.41) is 13.3. The number of nitrogens with one attached hydrogen (secondary N) is 1. The number of rotatable bonds is 8. The van der Waals surface area contributed by atoms with E-state index >= 15 is 0 Å². The van der Waals surface area contributed by atoms with Crippen molar-refractivity contribution in [3.05, 3.63) is 58.1 Å². The average molecular weight is 441 g/mol. The maximum absolute atomic E-state index is 12.5. The second-order valence-electron chi connectivity index (χ2n) is 6.03. The highest BCUT2D eigenvalue weighted by Gasteiger charge is 2.21. The highest BCUT2D eigenvalue weighted by molar-refractivity contribution is 9.10. The van der Waals surface area contributed by atoms with Gasteiger partial charge in [0.15, 0.2) is 0 Å². The monoisotopic (exact) mass is 440 g/mol. The van der Waals surface area contributed by atoms with Gasteiger partial charge in [0, 0.05) is 35.7 Å². The van der Waals surface area contributed by atoms with Crippen LogP contribution in [-0.2, 0) is 16.6 Å². The third-order valence-electron chi connectivity index (χ3n) is 4.36. The minimum atomic E-state index is -3.43. The molecule has 2 aromatic carbocycles.